The Balaban J connectivity index is 1.44. The number of hydrogen-bond donors (Lipinski definition) is 0. The van der Waals surface area contributed by atoms with E-state index in [0.29, 0.717) is 16.9 Å². The van der Waals surface area contributed by atoms with E-state index in [0.717, 1.165) is 24.9 Å². The number of nitrogens with zero attached hydrogens (tertiary/aromatic N) is 1. The van der Waals surface area contributed by atoms with Gasteiger partial charge in [-0.3, -0.25) is 0 Å². The molecule has 0 radical (unpaired) electrons. The number of hydrogen-bond acceptors (Lipinski definition) is 5. The molecule has 0 aromatic heterocycles. The highest BCUT2D eigenvalue weighted by molar-refractivity contribution is 6.30. The van der Waals surface area contributed by atoms with Gasteiger partial charge in [-0.15, -0.1) is 0 Å². The predicted octanol–water partition coefficient (Wildman–Crippen LogP) is 3.49. The molecule has 21 heavy (non-hydrogen) atoms. The van der Waals surface area contributed by atoms with Crippen molar-refractivity contribution in [1.29, 1.82) is 0 Å². The highest BCUT2D eigenvalue weighted by Gasteiger charge is 2.56. The second-order valence-corrected chi connectivity index (χ2v) is 6.51. The Morgan fingerprint density at radius 3 is 2.57 bits per heavy atom. The number of halogens is 1. The van der Waals surface area contributed by atoms with Crippen LogP contribution in [0, 0.1) is 11.8 Å². The van der Waals surface area contributed by atoms with Gasteiger partial charge in [0.25, 0.3) is 0 Å². The van der Waals surface area contributed by atoms with Crippen LogP contribution in [0.15, 0.2) is 24.3 Å². The number of fused-ring (bicyclic) bond motifs is 3. The van der Waals surface area contributed by atoms with Gasteiger partial charge >= 0.3 is 0 Å². The molecule has 2 aliphatic carbocycles. The smallest absolute Gasteiger partial charge is 0.237 e. The fraction of sp³-hybridized carbons (Fsp3) is 0.600. The molecule has 1 aliphatic heterocycles. The minimum absolute atomic E-state index is 0.281. The van der Waals surface area contributed by atoms with Crippen molar-refractivity contribution < 1.29 is 19.6 Å². The fourth-order valence-corrected chi connectivity index (χ4v) is 3.87. The average molecular weight is 312 g/mol. The number of rotatable bonds is 1. The van der Waals surface area contributed by atoms with Crippen molar-refractivity contribution >= 4 is 17.3 Å². The Labute approximate surface area is 128 Å². The molecular weight excluding hydrogens is 294 g/mol. The van der Waals surface area contributed by atoms with Gasteiger partial charge in [0, 0.05) is 23.0 Å². The summed E-state index contributed by atoms with van der Waals surface area (Å²) in [7, 11) is 0. The summed E-state index contributed by atoms with van der Waals surface area (Å²) in [6.45, 7) is 0.561. The van der Waals surface area contributed by atoms with Crippen molar-refractivity contribution in [2.45, 2.75) is 31.5 Å². The van der Waals surface area contributed by atoms with Gasteiger partial charge in [0.15, 0.2) is 13.5 Å². The molecule has 1 saturated heterocycles. The van der Waals surface area contributed by atoms with E-state index >= 15 is 0 Å². The van der Waals surface area contributed by atoms with Crippen LogP contribution in [0.5, 0.6) is 0 Å². The van der Waals surface area contributed by atoms with Crippen molar-refractivity contribution in [2.75, 3.05) is 18.4 Å². The zero-order chi connectivity index (χ0) is 14.3. The van der Waals surface area contributed by atoms with E-state index in [-0.39, 0.29) is 13.5 Å². The maximum absolute atomic E-state index is 6.01. The largest absolute Gasteiger partial charge is 0.320 e. The summed E-state index contributed by atoms with van der Waals surface area (Å²) in [5.74, 6) is 0.342. The first-order chi connectivity index (χ1) is 10.3. The minimum Gasteiger partial charge on any atom is -0.320 e. The van der Waals surface area contributed by atoms with Crippen LogP contribution in [0.2, 0.25) is 5.02 Å². The third-order valence-electron chi connectivity index (χ3n) is 4.73. The minimum atomic E-state index is -0.705. The maximum Gasteiger partial charge on any atom is 0.237 e. The number of anilines is 1. The Kier molecular flexibility index (Phi) is 3.55. The van der Waals surface area contributed by atoms with Gasteiger partial charge < -0.3 is 4.90 Å². The normalized spacial score (nSPS) is 31.4. The monoisotopic (exact) mass is 311 g/mol. The molecule has 4 rings (SSSR count). The van der Waals surface area contributed by atoms with E-state index in [4.69, 9.17) is 31.2 Å². The van der Waals surface area contributed by atoms with Gasteiger partial charge in [0.2, 0.25) is 5.79 Å². The molecule has 6 heteroatoms. The summed E-state index contributed by atoms with van der Waals surface area (Å²) in [5.41, 5.74) is 0.901. The fourth-order valence-electron chi connectivity index (χ4n) is 3.69. The van der Waals surface area contributed by atoms with E-state index in [2.05, 4.69) is 0 Å². The second kappa shape index (κ2) is 5.41. The molecule has 114 valence electrons. The second-order valence-electron chi connectivity index (χ2n) is 6.07. The molecule has 1 aromatic carbocycles. The molecule has 0 amide bonds. The van der Waals surface area contributed by atoms with E-state index in [1.165, 1.54) is 6.42 Å². The summed E-state index contributed by atoms with van der Waals surface area (Å²) >= 11 is 6.01. The van der Waals surface area contributed by atoms with Gasteiger partial charge in [-0.1, -0.05) is 17.7 Å². The van der Waals surface area contributed by atoms with Crippen LogP contribution in [0.25, 0.3) is 0 Å². The van der Waals surface area contributed by atoms with Crippen LogP contribution in [0.3, 0.4) is 0 Å². The van der Waals surface area contributed by atoms with Crippen molar-refractivity contribution in [1.82, 2.24) is 0 Å². The zero-order valence-corrected chi connectivity index (χ0v) is 12.4. The van der Waals surface area contributed by atoms with Gasteiger partial charge in [-0.25, -0.2) is 9.78 Å². The first kappa shape index (κ1) is 13.8. The molecule has 5 nitrogen and oxygen atoms in total. The Morgan fingerprint density at radius 1 is 1.14 bits per heavy atom. The lowest BCUT2D eigenvalue weighted by atomic mass is 9.94. The topological polar surface area (TPSA) is 40.2 Å². The molecule has 1 aromatic rings. The van der Waals surface area contributed by atoms with Gasteiger partial charge in [-0.05, 0) is 43.4 Å². The van der Waals surface area contributed by atoms with Crippen LogP contribution >= 0.6 is 11.6 Å². The molecule has 3 fully saturated rings. The third kappa shape index (κ3) is 2.53. The molecule has 2 bridgehead atoms. The number of benzene rings is 1. The average Bonchev–Trinajstić information content (AvgIpc) is 3.04. The quantitative estimate of drug-likeness (QED) is 0.743. The Morgan fingerprint density at radius 2 is 1.95 bits per heavy atom. The van der Waals surface area contributed by atoms with Crippen molar-refractivity contribution in [3.05, 3.63) is 29.3 Å². The first-order valence-corrected chi connectivity index (χ1v) is 7.75. The molecule has 0 N–H and O–H groups in total. The van der Waals surface area contributed by atoms with E-state index in [9.17, 15) is 0 Å². The summed E-state index contributed by atoms with van der Waals surface area (Å²) in [6.07, 6.45) is 4.38. The molecule has 2 unspecified atom stereocenters. The summed E-state index contributed by atoms with van der Waals surface area (Å²) in [4.78, 5) is 24.0. The van der Waals surface area contributed by atoms with Crippen LogP contribution in [-0.2, 0) is 19.6 Å². The maximum atomic E-state index is 6.01. The van der Waals surface area contributed by atoms with Crippen LogP contribution in [0.4, 0.5) is 5.69 Å². The van der Waals surface area contributed by atoms with E-state index in [1.807, 2.05) is 29.2 Å². The molecule has 2 atom stereocenters. The summed E-state index contributed by atoms with van der Waals surface area (Å²) in [5, 5.41) is 0.668. The van der Waals surface area contributed by atoms with Crippen molar-refractivity contribution in [3.63, 3.8) is 0 Å². The van der Waals surface area contributed by atoms with Gasteiger partial charge in [0.1, 0.15) is 0 Å². The highest BCUT2D eigenvalue weighted by atomic mass is 35.5. The zero-order valence-electron chi connectivity index (χ0n) is 11.7. The molecule has 1 heterocycles. The van der Waals surface area contributed by atoms with E-state index in [1.54, 1.807) is 0 Å². The Hall–Kier alpha value is -0.850. The standard InChI is InChI=1S/C15H18ClNO4/c16-13-2-1-3-14(7-13)17-9-18-20-15(21-19-10-17)8-11-4-5-12(15)6-11/h1-3,7,11-12H,4-6,8-10H2. The Bertz CT molecular complexity index is 516. The highest BCUT2D eigenvalue weighted by Crippen LogP contribution is 2.53. The van der Waals surface area contributed by atoms with Crippen LogP contribution in [0.1, 0.15) is 25.7 Å². The van der Waals surface area contributed by atoms with Crippen LogP contribution in [-0.4, -0.2) is 19.2 Å². The molecular formula is C15H18ClNO4. The SMILES string of the molecule is Clc1cccc(N2COOC3(CC4CCC3C4)OOC2)c1. The lowest BCUT2D eigenvalue weighted by Gasteiger charge is -2.37. The molecule has 1 spiro atoms. The molecule has 2 saturated carbocycles. The van der Waals surface area contributed by atoms with E-state index < -0.39 is 5.79 Å². The predicted molar refractivity (Wildman–Crippen MR) is 76.2 cm³/mol. The van der Waals surface area contributed by atoms with Crippen molar-refractivity contribution in [2.24, 2.45) is 11.8 Å². The van der Waals surface area contributed by atoms with Gasteiger partial charge in [0.05, 0.1) is 0 Å². The lowest BCUT2D eigenvalue weighted by Crippen LogP contribution is -2.46. The summed E-state index contributed by atoms with van der Waals surface area (Å²) in [6, 6.07) is 7.50. The summed E-state index contributed by atoms with van der Waals surface area (Å²) < 4.78 is 0. The van der Waals surface area contributed by atoms with Crippen molar-refractivity contribution in [3.8, 4) is 0 Å². The lowest BCUT2D eigenvalue weighted by molar-refractivity contribution is -0.532. The van der Waals surface area contributed by atoms with Gasteiger partial charge in [-0.2, -0.15) is 9.78 Å². The first-order valence-electron chi connectivity index (χ1n) is 7.37. The third-order valence-corrected chi connectivity index (χ3v) is 4.96. The molecule has 3 aliphatic rings. The van der Waals surface area contributed by atoms with Crippen LogP contribution < -0.4 is 4.90 Å².